The van der Waals surface area contributed by atoms with E-state index in [1.807, 2.05) is 6.07 Å². The first-order valence-electron chi connectivity index (χ1n) is 8.97. The van der Waals surface area contributed by atoms with Gasteiger partial charge in [-0.3, -0.25) is 4.99 Å². The Hall–Kier alpha value is -1.87. The third-order valence-corrected chi connectivity index (χ3v) is 5.55. The van der Waals surface area contributed by atoms with Gasteiger partial charge in [0.05, 0.1) is 24.5 Å². The van der Waals surface area contributed by atoms with Crippen molar-refractivity contribution in [3.8, 4) is 5.69 Å². The third kappa shape index (κ3) is 4.52. The van der Waals surface area contributed by atoms with E-state index in [2.05, 4.69) is 62.1 Å². The number of aromatic nitrogens is 2. The molecule has 4 rings (SSSR count). The van der Waals surface area contributed by atoms with Crippen molar-refractivity contribution in [3.63, 3.8) is 0 Å². The van der Waals surface area contributed by atoms with Gasteiger partial charge < -0.3 is 10.6 Å². The van der Waals surface area contributed by atoms with E-state index < -0.39 is 0 Å². The van der Waals surface area contributed by atoms with Gasteiger partial charge in [0.25, 0.3) is 0 Å². The van der Waals surface area contributed by atoms with Crippen LogP contribution in [0, 0.1) is 0 Å². The SMILES string of the molecule is CN=C(NCc1cccs1)NCc1nn(-c2ccccc2)c2c1CCC2.I. The fourth-order valence-electron chi connectivity index (χ4n) is 3.41. The molecule has 142 valence electrons. The van der Waals surface area contributed by atoms with Crippen LogP contribution >= 0.6 is 35.3 Å². The number of fused-ring (bicyclic) bond motifs is 1. The van der Waals surface area contributed by atoms with Crippen LogP contribution < -0.4 is 10.6 Å². The summed E-state index contributed by atoms with van der Waals surface area (Å²) in [7, 11) is 1.80. The van der Waals surface area contributed by atoms with E-state index in [-0.39, 0.29) is 24.0 Å². The largest absolute Gasteiger partial charge is 0.352 e. The maximum absolute atomic E-state index is 4.89. The summed E-state index contributed by atoms with van der Waals surface area (Å²) in [6.45, 7) is 1.47. The Morgan fingerprint density at radius 2 is 1.93 bits per heavy atom. The van der Waals surface area contributed by atoms with Gasteiger partial charge in [0.1, 0.15) is 0 Å². The van der Waals surface area contributed by atoms with Crippen LogP contribution in [0.25, 0.3) is 5.69 Å². The highest BCUT2D eigenvalue weighted by Crippen LogP contribution is 2.27. The quantitative estimate of drug-likeness (QED) is 0.322. The zero-order valence-electron chi connectivity index (χ0n) is 15.3. The first-order valence-corrected chi connectivity index (χ1v) is 9.85. The highest BCUT2D eigenvalue weighted by Gasteiger charge is 2.23. The lowest BCUT2D eigenvalue weighted by Gasteiger charge is -2.10. The Balaban J connectivity index is 0.00000210. The fraction of sp³-hybridized carbons (Fsp3) is 0.300. The van der Waals surface area contributed by atoms with E-state index >= 15 is 0 Å². The van der Waals surface area contributed by atoms with E-state index in [0.717, 1.165) is 36.7 Å². The summed E-state index contributed by atoms with van der Waals surface area (Å²) in [5, 5.41) is 13.8. The Bertz CT molecular complexity index is 887. The molecule has 0 bridgehead atoms. The lowest BCUT2D eigenvalue weighted by atomic mass is 10.2. The van der Waals surface area contributed by atoms with Gasteiger partial charge in [-0.15, -0.1) is 35.3 Å². The van der Waals surface area contributed by atoms with Gasteiger partial charge >= 0.3 is 0 Å². The summed E-state index contributed by atoms with van der Waals surface area (Å²) in [6, 6.07) is 14.6. The van der Waals surface area contributed by atoms with Gasteiger partial charge in [-0.1, -0.05) is 24.3 Å². The van der Waals surface area contributed by atoms with E-state index in [1.165, 1.54) is 22.6 Å². The monoisotopic (exact) mass is 493 g/mol. The van der Waals surface area contributed by atoms with Gasteiger partial charge in [-0.05, 0) is 48.4 Å². The first-order chi connectivity index (χ1) is 12.8. The van der Waals surface area contributed by atoms with Gasteiger partial charge in [-0.25, -0.2) is 4.68 Å². The summed E-state index contributed by atoms with van der Waals surface area (Å²) < 4.78 is 2.11. The van der Waals surface area contributed by atoms with Crippen LogP contribution in [0.2, 0.25) is 0 Å². The van der Waals surface area contributed by atoms with Gasteiger partial charge in [0.15, 0.2) is 5.96 Å². The number of nitrogens with one attached hydrogen (secondary N) is 2. The van der Waals surface area contributed by atoms with Gasteiger partial charge in [0.2, 0.25) is 0 Å². The molecule has 5 nitrogen and oxygen atoms in total. The van der Waals surface area contributed by atoms with Crippen molar-refractivity contribution in [2.24, 2.45) is 4.99 Å². The van der Waals surface area contributed by atoms with Crippen molar-refractivity contribution in [1.29, 1.82) is 0 Å². The molecule has 2 aromatic heterocycles. The number of hydrogen-bond donors (Lipinski definition) is 2. The second-order valence-corrected chi connectivity index (χ2v) is 7.36. The smallest absolute Gasteiger partial charge is 0.191 e. The Morgan fingerprint density at radius 3 is 2.67 bits per heavy atom. The average molecular weight is 493 g/mol. The molecule has 1 aromatic carbocycles. The Labute approximate surface area is 180 Å². The number of rotatable bonds is 5. The van der Waals surface area contributed by atoms with Crippen molar-refractivity contribution in [1.82, 2.24) is 20.4 Å². The molecule has 0 amide bonds. The predicted molar refractivity (Wildman–Crippen MR) is 122 cm³/mol. The number of guanidine groups is 1. The summed E-state index contributed by atoms with van der Waals surface area (Å²) >= 11 is 1.75. The predicted octanol–water partition coefficient (Wildman–Crippen LogP) is 3.91. The topological polar surface area (TPSA) is 54.2 Å². The van der Waals surface area contributed by atoms with Crippen molar-refractivity contribution >= 4 is 41.3 Å². The molecule has 1 aliphatic rings. The number of halogens is 1. The molecule has 0 spiro atoms. The number of thiophene rings is 1. The van der Waals surface area contributed by atoms with Crippen LogP contribution in [0.5, 0.6) is 0 Å². The van der Waals surface area contributed by atoms with Crippen LogP contribution in [0.3, 0.4) is 0 Å². The van der Waals surface area contributed by atoms with Crippen molar-refractivity contribution in [2.75, 3.05) is 7.05 Å². The Kier molecular flexibility index (Phi) is 6.89. The molecule has 1 aliphatic carbocycles. The summed E-state index contributed by atoms with van der Waals surface area (Å²) in [5.41, 5.74) is 5.02. The first kappa shape index (κ1) is 19.9. The van der Waals surface area contributed by atoms with Crippen LogP contribution in [0.1, 0.15) is 28.2 Å². The van der Waals surface area contributed by atoms with E-state index in [4.69, 9.17) is 5.10 Å². The highest BCUT2D eigenvalue weighted by atomic mass is 127. The van der Waals surface area contributed by atoms with Crippen molar-refractivity contribution in [2.45, 2.75) is 32.4 Å². The number of hydrogen-bond acceptors (Lipinski definition) is 3. The number of benzene rings is 1. The third-order valence-electron chi connectivity index (χ3n) is 4.67. The minimum absolute atomic E-state index is 0. The highest BCUT2D eigenvalue weighted by molar-refractivity contribution is 14.0. The van der Waals surface area contributed by atoms with Crippen molar-refractivity contribution in [3.05, 3.63) is 69.7 Å². The van der Waals surface area contributed by atoms with E-state index in [0.29, 0.717) is 6.54 Å². The lowest BCUT2D eigenvalue weighted by molar-refractivity contribution is 0.732. The minimum atomic E-state index is 0. The van der Waals surface area contributed by atoms with Crippen LogP contribution in [-0.4, -0.2) is 22.8 Å². The molecule has 0 fully saturated rings. The molecule has 0 radical (unpaired) electrons. The maximum atomic E-state index is 4.89. The summed E-state index contributed by atoms with van der Waals surface area (Å²) in [5.74, 6) is 0.805. The molecule has 7 heteroatoms. The second-order valence-electron chi connectivity index (χ2n) is 6.33. The van der Waals surface area contributed by atoms with Crippen molar-refractivity contribution < 1.29 is 0 Å². The summed E-state index contributed by atoms with van der Waals surface area (Å²) in [6.07, 6.45) is 3.42. The Morgan fingerprint density at radius 1 is 1.11 bits per heavy atom. The molecule has 0 saturated carbocycles. The van der Waals surface area contributed by atoms with Gasteiger partial charge in [0, 0.05) is 17.6 Å². The minimum Gasteiger partial charge on any atom is -0.352 e. The zero-order chi connectivity index (χ0) is 17.8. The standard InChI is InChI=1S/C20H23N5S.HI/c1-21-20(22-13-16-9-6-12-26-16)23-14-18-17-10-5-11-19(17)25(24-18)15-7-3-2-4-8-15;/h2-4,6-9,12H,5,10-11,13-14H2,1H3,(H2,21,22,23);1H. The molecule has 3 aromatic rings. The summed E-state index contributed by atoms with van der Waals surface area (Å²) in [4.78, 5) is 5.62. The zero-order valence-corrected chi connectivity index (χ0v) is 18.5. The number of nitrogens with zero attached hydrogens (tertiary/aromatic N) is 3. The molecule has 2 N–H and O–H groups in total. The molecule has 0 unspecified atom stereocenters. The molecule has 0 atom stereocenters. The maximum Gasteiger partial charge on any atom is 0.191 e. The fourth-order valence-corrected chi connectivity index (χ4v) is 4.06. The van der Waals surface area contributed by atoms with Gasteiger partial charge in [-0.2, -0.15) is 5.10 Å². The average Bonchev–Trinajstić information content (AvgIpc) is 3.41. The molecular formula is C20H24IN5S. The van der Waals surface area contributed by atoms with Crippen LogP contribution in [-0.2, 0) is 25.9 Å². The number of para-hydroxylation sites is 1. The lowest BCUT2D eigenvalue weighted by Crippen LogP contribution is -2.36. The second kappa shape index (κ2) is 9.36. The van der Waals surface area contributed by atoms with Crippen LogP contribution in [0.15, 0.2) is 52.8 Å². The molecule has 27 heavy (non-hydrogen) atoms. The van der Waals surface area contributed by atoms with E-state index in [9.17, 15) is 0 Å². The van der Waals surface area contributed by atoms with E-state index in [1.54, 1.807) is 18.4 Å². The molecule has 0 saturated heterocycles. The normalized spacial score (nSPS) is 13.1. The van der Waals surface area contributed by atoms with Crippen LogP contribution in [0.4, 0.5) is 0 Å². The number of aliphatic imine (C=N–C) groups is 1. The molecule has 0 aliphatic heterocycles. The molecule has 2 heterocycles. The molecular weight excluding hydrogens is 469 g/mol.